The Hall–Kier alpha value is -2.13. The van der Waals surface area contributed by atoms with Crippen LogP contribution in [0, 0.1) is 0 Å². The number of aryl methyl sites for hydroxylation is 1. The fourth-order valence-corrected chi connectivity index (χ4v) is 4.89. The molecule has 1 saturated heterocycles. The average molecular weight is 396 g/mol. The summed E-state index contributed by atoms with van der Waals surface area (Å²) >= 11 is 0. The first kappa shape index (κ1) is 19.6. The van der Waals surface area contributed by atoms with E-state index in [1.165, 1.54) is 10.6 Å². The largest absolute Gasteiger partial charge is 0.481 e. The van der Waals surface area contributed by atoms with Crippen LogP contribution in [0.2, 0.25) is 0 Å². The minimum Gasteiger partial charge on any atom is -0.481 e. The Labute approximate surface area is 158 Å². The number of hydrogen-bond donors (Lipinski definition) is 1. The zero-order valence-corrected chi connectivity index (χ0v) is 16.2. The Morgan fingerprint density at radius 1 is 1.33 bits per heavy atom. The predicted octanol–water partition coefficient (Wildman–Crippen LogP) is 1.10. The number of carbonyl (C=O) groups is 2. The Bertz CT molecular complexity index is 853. The standard InChI is InChI=1S/C18H24N2O6S/c1-26-15-9-14(10-17(21)22)19(11-15)18(23)13-5-6-16-12(8-13)4-3-7-20(16)27(2,24)25/h5-6,8,14-15H,3-4,7,9-11H2,1-2H3,(H,21,22). The molecule has 9 heteroatoms. The van der Waals surface area contributed by atoms with Gasteiger partial charge >= 0.3 is 5.97 Å². The molecule has 2 aliphatic rings. The van der Waals surface area contributed by atoms with Crippen LogP contribution in [0.15, 0.2) is 18.2 Å². The number of nitrogens with zero attached hydrogens (tertiary/aromatic N) is 2. The van der Waals surface area contributed by atoms with E-state index in [9.17, 15) is 18.0 Å². The number of rotatable bonds is 5. The van der Waals surface area contributed by atoms with Crippen LogP contribution < -0.4 is 4.31 Å². The van der Waals surface area contributed by atoms with E-state index in [4.69, 9.17) is 9.84 Å². The van der Waals surface area contributed by atoms with Crippen LogP contribution in [-0.4, -0.2) is 68.9 Å². The summed E-state index contributed by atoms with van der Waals surface area (Å²) in [6.45, 7) is 0.779. The number of carboxylic acids is 1. The fourth-order valence-electron chi connectivity index (χ4n) is 3.89. The van der Waals surface area contributed by atoms with Gasteiger partial charge in [0.05, 0.1) is 24.5 Å². The van der Waals surface area contributed by atoms with Crippen LogP contribution in [0.4, 0.5) is 5.69 Å². The second kappa shape index (κ2) is 7.47. The SMILES string of the molecule is COC1CC(CC(=O)O)N(C(=O)c2ccc3c(c2)CCCN3S(C)(=O)=O)C1. The highest BCUT2D eigenvalue weighted by Crippen LogP contribution is 2.31. The van der Waals surface area contributed by atoms with E-state index in [1.54, 1.807) is 30.2 Å². The number of amides is 1. The molecule has 1 aromatic rings. The highest BCUT2D eigenvalue weighted by molar-refractivity contribution is 7.92. The molecule has 1 fully saturated rings. The maximum atomic E-state index is 13.0. The third-order valence-corrected chi connectivity index (χ3v) is 6.36. The first-order chi connectivity index (χ1) is 12.7. The zero-order valence-electron chi connectivity index (χ0n) is 15.4. The smallest absolute Gasteiger partial charge is 0.305 e. The lowest BCUT2D eigenvalue weighted by Gasteiger charge is -2.30. The summed E-state index contributed by atoms with van der Waals surface area (Å²) in [6.07, 6.45) is 2.74. The lowest BCUT2D eigenvalue weighted by Crippen LogP contribution is -2.38. The van der Waals surface area contributed by atoms with E-state index in [0.29, 0.717) is 43.6 Å². The molecule has 8 nitrogen and oxygen atoms in total. The highest BCUT2D eigenvalue weighted by atomic mass is 32.2. The van der Waals surface area contributed by atoms with Crippen molar-refractivity contribution in [1.82, 2.24) is 4.90 Å². The summed E-state index contributed by atoms with van der Waals surface area (Å²) < 4.78 is 30.6. The molecule has 1 N–H and O–H groups in total. The van der Waals surface area contributed by atoms with Gasteiger partial charge < -0.3 is 14.7 Å². The van der Waals surface area contributed by atoms with E-state index >= 15 is 0 Å². The van der Waals surface area contributed by atoms with Crippen molar-refractivity contribution in [2.24, 2.45) is 0 Å². The van der Waals surface area contributed by atoms with Gasteiger partial charge in [0.15, 0.2) is 0 Å². The van der Waals surface area contributed by atoms with Crippen molar-refractivity contribution in [3.05, 3.63) is 29.3 Å². The molecule has 1 amide bonds. The second-order valence-electron chi connectivity index (χ2n) is 7.08. The Balaban J connectivity index is 1.88. The Kier molecular flexibility index (Phi) is 5.43. The Morgan fingerprint density at radius 3 is 2.70 bits per heavy atom. The molecule has 27 heavy (non-hydrogen) atoms. The number of ether oxygens (including phenoxy) is 1. The summed E-state index contributed by atoms with van der Waals surface area (Å²) in [5.41, 5.74) is 1.87. The predicted molar refractivity (Wildman–Crippen MR) is 99.4 cm³/mol. The van der Waals surface area contributed by atoms with Crippen LogP contribution in [0.5, 0.6) is 0 Å². The zero-order chi connectivity index (χ0) is 19.8. The monoisotopic (exact) mass is 396 g/mol. The maximum absolute atomic E-state index is 13.0. The summed E-state index contributed by atoms with van der Waals surface area (Å²) in [6, 6.07) is 4.59. The van der Waals surface area contributed by atoms with Gasteiger partial charge in [0, 0.05) is 31.8 Å². The number of benzene rings is 1. The first-order valence-corrected chi connectivity index (χ1v) is 10.7. The highest BCUT2D eigenvalue weighted by Gasteiger charge is 2.37. The van der Waals surface area contributed by atoms with Crippen LogP contribution in [0.3, 0.4) is 0 Å². The number of fused-ring (bicyclic) bond motifs is 1. The number of sulfonamides is 1. The van der Waals surface area contributed by atoms with Gasteiger partial charge in [-0.2, -0.15) is 0 Å². The molecular formula is C18H24N2O6S. The van der Waals surface area contributed by atoms with Gasteiger partial charge in [0.25, 0.3) is 5.91 Å². The van der Waals surface area contributed by atoms with Crippen molar-refractivity contribution in [2.75, 3.05) is 30.8 Å². The molecule has 2 aliphatic heterocycles. The van der Waals surface area contributed by atoms with Crippen molar-refractivity contribution in [3.8, 4) is 0 Å². The van der Waals surface area contributed by atoms with Gasteiger partial charge in [-0.05, 0) is 43.0 Å². The van der Waals surface area contributed by atoms with Gasteiger partial charge in [-0.1, -0.05) is 0 Å². The minimum absolute atomic E-state index is 0.127. The Morgan fingerprint density at radius 2 is 2.07 bits per heavy atom. The topological polar surface area (TPSA) is 104 Å². The molecule has 0 spiro atoms. The fraction of sp³-hybridized carbons (Fsp3) is 0.556. The lowest BCUT2D eigenvalue weighted by molar-refractivity contribution is -0.138. The third-order valence-electron chi connectivity index (χ3n) is 5.18. The van der Waals surface area contributed by atoms with E-state index < -0.39 is 22.0 Å². The van der Waals surface area contributed by atoms with E-state index in [-0.39, 0.29) is 18.4 Å². The average Bonchev–Trinajstić information content (AvgIpc) is 3.01. The molecule has 0 aromatic heterocycles. The number of methoxy groups -OCH3 is 1. The lowest BCUT2D eigenvalue weighted by atomic mass is 10.00. The number of likely N-dealkylation sites (tertiary alicyclic amines) is 1. The van der Waals surface area contributed by atoms with Gasteiger partial charge in [0.1, 0.15) is 0 Å². The van der Waals surface area contributed by atoms with Crippen molar-refractivity contribution in [1.29, 1.82) is 0 Å². The van der Waals surface area contributed by atoms with Crippen LogP contribution in [-0.2, 0) is 26.0 Å². The molecular weight excluding hydrogens is 372 g/mol. The van der Waals surface area contributed by atoms with Gasteiger partial charge in [-0.3, -0.25) is 13.9 Å². The third kappa shape index (κ3) is 4.08. The molecule has 0 aliphatic carbocycles. The number of carbonyl (C=O) groups excluding carboxylic acids is 1. The first-order valence-electron chi connectivity index (χ1n) is 8.87. The summed E-state index contributed by atoms with van der Waals surface area (Å²) in [5, 5.41) is 9.13. The minimum atomic E-state index is -3.36. The molecule has 1 aromatic carbocycles. The van der Waals surface area contributed by atoms with Gasteiger partial charge in [-0.15, -0.1) is 0 Å². The molecule has 148 valence electrons. The van der Waals surface area contributed by atoms with E-state index in [1.807, 2.05) is 0 Å². The maximum Gasteiger partial charge on any atom is 0.305 e. The molecule has 2 heterocycles. The molecule has 0 saturated carbocycles. The number of hydrogen-bond acceptors (Lipinski definition) is 5. The molecule has 0 bridgehead atoms. The summed E-state index contributed by atoms with van der Waals surface area (Å²) in [7, 11) is -1.81. The normalized spacial score (nSPS) is 22.6. The summed E-state index contributed by atoms with van der Waals surface area (Å²) in [4.78, 5) is 25.7. The van der Waals surface area contributed by atoms with Crippen molar-refractivity contribution >= 4 is 27.6 Å². The van der Waals surface area contributed by atoms with E-state index in [2.05, 4.69) is 0 Å². The molecule has 2 atom stereocenters. The second-order valence-corrected chi connectivity index (χ2v) is 8.99. The van der Waals surface area contributed by atoms with Crippen LogP contribution >= 0.6 is 0 Å². The molecule has 2 unspecified atom stereocenters. The van der Waals surface area contributed by atoms with Crippen LogP contribution in [0.25, 0.3) is 0 Å². The van der Waals surface area contributed by atoms with Gasteiger partial charge in [-0.25, -0.2) is 8.42 Å². The number of aliphatic carboxylic acids is 1. The van der Waals surface area contributed by atoms with Crippen molar-refractivity contribution in [3.63, 3.8) is 0 Å². The van der Waals surface area contributed by atoms with Crippen molar-refractivity contribution < 1.29 is 27.9 Å². The van der Waals surface area contributed by atoms with E-state index in [0.717, 1.165) is 5.56 Å². The molecule has 0 radical (unpaired) electrons. The summed E-state index contributed by atoms with van der Waals surface area (Å²) in [5.74, 6) is -1.20. The van der Waals surface area contributed by atoms with Crippen molar-refractivity contribution in [2.45, 2.75) is 37.8 Å². The van der Waals surface area contributed by atoms with Crippen LogP contribution in [0.1, 0.15) is 35.2 Å². The number of anilines is 1. The quantitative estimate of drug-likeness (QED) is 0.799. The number of carboxylic acid groups (broad SMARTS) is 1. The molecule has 3 rings (SSSR count). The van der Waals surface area contributed by atoms with Gasteiger partial charge in [0.2, 0.25) is 10.0 Å².